The Morgan fingerprint density at radius 1 is 1.19 bits per heavy atom. The molecule has 2 atom stereocenters. The molecule has 0 spiro atoms. The fraction of sp³-hybridized carbons (Fsp3) is 0.625. The topological polar surface area (TPSA) is 118 Å². The molecule has 148 valence electrons. The second-order valence-corrected chi connectivity index (χ2v) is 10.1. The summed E-state index contributed by atoms with van der Waals surface area (Å²) in [6.07, 6.45) is 3.86. The van der Waals surface area contributed by atoms with E-state index in [0.29, 0.717) is 19.4 Å². The summed E-state index contributed by atoms with van der Waals surface area (Å²) in [5.74, 6) is -1.02. The van der Waals surface area contributed by atoms with Gasteiger partial charge in [-0.3, -0.25) is 4.72 Å². The number of hydrogen-bond donors (Lipinski definition) is 3. The van der Waals surface area contributed by atoms with Gasteiger partial charge < -0.3 is 5.73 Å². The van der Waals surface area contributed by atoms with Gasteiger partial charge in [0.25, 0.3) is 0 Å². The summed E-state index contributed by atoms with van der Waals surface area (Å²) in [6, 6.07) is 2.87. The van der Waals surface area contributed by atoms with Crippen molar-refractivity contribution in [3.05, 3.63) is 24.0 Å². The first kappa shape index (κ1) is 21.1. The standard InChI is InChI=1S/C16H26FN3O4S2/c1-2-9-25(21,22)19-16-8-7-13(10-14(16)17)26(23,24)20-15-6-4-3-5-12(15)11-18/h7-8,10,12,15,19-20H,2-6,9,11,18H2,1H3/t12-,15-/m0/s1. The predicted molar refractivity (Wildman–Crippen MR) is 99.2 cm³/mol. The SMILES string of the molecule is CCCS(=O)(=O)Nc1ccc(S(=O)(=O)N[C@H]2CCCC[C@H]2CN)cc1F. The van der Waals surface area contributed by atoms with E-state index in [2.05, 4.69) is 9.44 Å². The third-order valence-corrected chi connectivity index (χ3v) is 7.47. The van der Waals surface area contributed by atoms with Crippen molar-refractivity contribution in [2.45, 2.75) is 50.0 Å². The fourth-order valence-electron chi connectivity index (χ4n) is 3.15. The molecule has 4 N–H and O–H groups in total. The van der Waals surface area contributed by atoms with Gasteiger partial charge in [0, 0.05) is 6.04 Å². The molecule has 0 unspecified atom stereocenters. The Morgan fingerprint density at radius 2 is 1.88 bits per heavy atom. The molecule has 0 saturated heterocycles. The van der Waals surface area contributed by atoms with E-state index in [1.807, 2.05) is 0 Å². The van der Waals surface area contributed by atoms with Crippen molar-refractivity contribution in [3.8, 4) is 0 Å². The average Bonchev–Trinajstić information content (AvgIpc) is 2.56. The summed E-state index contributed by atoms with van der Waals surface area (Å²) in [5.41, 5.74) is 5.45. The van der Waals surface area contributed by atoms with Crippen molar-refractivity contribution >= 4 is 25.7 Å². The minimum Gasteiger partial charge on any atom is -0.330 e. The lowest BCUT2D eigenvalue weighted by Crippen LogP contribution is -2.44. The lowest BCUT2D eigenvalue weighted by molar-refractivity contribution is 0.296. The highest BCUT2D eigenvalue weighted by Gasteiger charge is 2.29. The van der Waals surface area contributed by atoms with Gasteiger partial charge in [-0.05, 0) is 49.9 Å². The van der Waals surface area contributed by atoms with Crippen LogP contribution in [0.3, 0.4) is 0 Å². The molecule has 1 saturated carbocycles. The van der Waals surface area contributed by atoms with Crippen LogP contribution in [0.4, 0.5) is 10.1 Å². The first-order chi connectivity index (χ1) is 12.2. The van der Waals surface area contributed by atoms with Crippen molar-refractivity contribution in [1.82, 2.24) is 4.72 Å². The number of sulfonamides is 2. The minimum absolute atomic E-state index is 0.0588. The normalized spacial score (nSPS) is 21.5. The Morgan fingerprint density at radius 3 is 2.50 bits per heavy atom. The van der Waals surface area contributed by atoms with Crippen LogP contribution in [0.25, 0.3) is 0 Å². The van der Waals surface area contributed by atoms with E-state index in [9.17, 15) is 21.2 Å². The van der Waals surface area contributed by atoms with Gasteiger partial charge in [-0.15, -0.1) is 0 Å². The molecule has 2 rings (SSSR count). The first-order valence-electron chi connectivity index (χ1n) is 8.71. The largest absolute Gasteiger partial charge is 0.330 e. The Balaban J connectivity index is 2.18. The quantitative estimate of drug-likeness (QED) is 0.607. The third kappa shape index (κ3) is 5.38. The molecule has 0 bridgehead atoms. The number of hydrogen-bond acceptors (Lipinski definition) is 5. The van der Waals surface area contributed by atoms with Crippen LogP contribution in [0.5, 0.6) is 0 Å². The van der Waals surface area contributed by atoms with Crippen LogP contribution in [-0.2, 0) is 20.0 Å². The summed E-state index contributed by atoms with van der Waals surface area (Å²) in [7, 11) is -7.58. The molecule has 0 radical (unpaired) electrons. The molecule has 26 heavy (non-hydrogen) atoms. The lowest BCUT2D eigenvalue weighted by Gasteiger charge is -2.31. The van der Waals surface area contributed by atoms with E-state index < -0.39 is 25.9 Å². The molecule has 0 amide bonds. The zero-order chi connectivity index (χ0) is 19.4. The molecule has 0 aliphatic heterocycles. The highest BCUT2D eigenvalue weighted by Crippen LogP contribution is 2.26. The van der Waals surface area contributed by atoms with Gasteiger partial charge in [0.1, 0.15) is 5.82 Å². The molecule has 1 fully saturated rings. The van der Waals surface area contributed by atoms with Crippen LogP contribution in [0, 0.1) is 11.7 Å². The summed E-state index contributed by atoms with van der Waals surface area (Å²) in [5, 5.41) is 0. The van der Waals surface area contributed by atoms with Crippen molar-refractivity contribution in [1.29, 1.82) is 0 Å². The zero-order valence-corrected chi connectivity index (χ0v) is 16.4. The van der Waals surface area contributed by atoms with Crippen LogP contribution in [0.1, 0.15) is 39.0 Å². The molecular weight excluding hydrogens is 381 g/mol. The number of nitrogens with two attached hydrogens (primary N) is 1. The molecule has 10 heteroatoms. The molecule has 0 aromatic heterocycles. The maximum absolute atomic E-state index is 14.2. The van der Waals surface area contributed by atoms with Crippen LogP contribution in [0.15, 0.2) is 23.1 Å². The molecule has 1 aliphatic carbocycles. The van der Waals surface area contributed by atoms with Gasteiger partial charge >= 0.3 is 0 Å². The van der Waals surface area contributed by atoms with E-state index in [4.69, 9.17) is 5.73 Å². The maximum atomic E-state index is 14.2. The number of nitrogens with one attached hydrogen (secondary N) is 2. The third-order valence-electron chi connectivity index (χ3n) is 4.51. The van der Waals surface area contributed by atoms with Crippen molar-refractivity contribution in [2.24, 2.45) is 11.7 Å². The Labute approximate surface area is 154 Å². The van der Waals surface area contributed by atoms with Crippen molar-refractivity contribution < 1.29 is 21.2 Å². The monoisotopic (exact) mass is 407 g/mol. The van der Waals surface area contributed by atoms with Gasteiger partial charge in [-0.25, -0.2) is 25.9 Å². The van der Waals surface area contributed by atoms with E-state index >= 15 is 0 Å². The molecule has 1 aliphatic rings. The van der Waals surface area contributed by atoms with Gasteiger partial charge in [0.2, 0.25) is 20.0 Å². The fourth-order valence-corrected chi connectivity index (χ4v) is 5.64. The second kappa shape index (κ2) is 8.64. The van der Waals surface area contributed by atoms with Crippen molar-refractivity contribution in [3.63, 3.8) is 0 Å². The van der Waals surface area contributed by atoms with Crippen LogP contribution < -0.4 is 15.2 Å². The summed E-state index contributed by atoms with van der Waals surface area (Å²) < 4.78 is 67.6. The van der Waals surface area contributed by atoms with Crippen LogP contribution in [-0.4, -0.2) is 35.2 Å². The predicted octanol–water partition coefficient (Wildman–Crippen LogP) is 1.77. The summed E-state index contributed by atoms with van der Waals surface area (Å²) in [6.45, 7) is 2.08. The number of halogens is 1. The van der Waals surface area contributed by atoms with Gasteiger partial charge in [0.05, 0.1) is 16.3 Å². The maximum Gasteiger partial charge on any atom is 0.240 e. The van der Waals surface area contributed by atoms with Gasteiger partial charge in [-0.2, -0.15) is 0 Å². The Kier molecular flexibility index (Phi) is 7.00. The van der Waals surface area contributed by atoms with Crippen LogP contribution >= 0.6 is 0 Å². The highest BCUT2D eigenvalue weighted by molar-refractivity contribution is 7.92. The van der Waals surface area contributed by atoms with E-state index in [1.54, 1.807) is 6.92 Å². The zero-order valence-electron chi connectivity index (χ0n) is 14.7. The van der Waals surface area contributed by atoms with E-state index in [0.717, 1.165) is 31.4 Å². The van der Waals surface area contributed by atoms with Crippen molar-refractivity contribution in [2.75, 3.05) is 17.0 Å². The summed E-state index contributed by atoms with van der Waals surface area (Å²) >= 11 is 0. The molecule has 1 aromatic rings. The number of anilines is 1. The average molecular weight is 408 g/mol. The molecular formula is C16H26FN3O4S2. The van der Waals surface area contributed by atoms with E-state index in [1.165, 1.54) is 6.07 Å². The van der Waals surface area contributed by atoms with E-state index in [-0.39, 0.29) is 28.3 Å². The first-order valence-corrected chi connectivity index (χ1v) is 11.8. The lowest BCUT2D eigenvalue weighted by atomic mass is 9.85. The number of rotatable bonds is 8. The second-order valence-electron chi connectivity index (χ2n) is 6.57. The number of benzene rings is 1. The van der Waals surface area contributed by atoms with Gasteiger partial charge in [0.15, 0.2) is 0 Å². The molecule has 1 aromatic carbocycles. The smallest absolute Gasteiger partial charge is 0.240 e. The molecule has 0 heterocycles. The Hall–Kier alpha value is -1.23. The Bertz CT molecular complexity index is 828. The van der Waals surface area contributed by atoms with Crippen LogP contribution in [0.2, 0.25) is 0 Å². The van der Waals surface area contributed by atoms with Gasteiger partial charge in [-0.1, -0.05) is 19.8 Å². The highest BCUT2D eigenvalue weighted by atomic mass is 32.2. The minimum atomic E-state index is -3.92. The summed E-state index contributed by atoms with van der Waals surface area (Å²) in [4.78, 5) is -0.241. The molecule has 7 nitrogen and oxygen atoms in total.